The predicted octanol–water partition coefficient (Wildman–Crippen LogP) is 0.181. The fourth-order valence-corrected chi connectivity index (χ4v) is 2.15. The molecule has 0 bridgehead atoms. The molecule has 0 saturated heterocycles. The Balaban J connectivity index is 1.97. The SMILES string of the molecule is CS(=O)(=O)CCCNCC(O)COCc1ccco1. The number of hydrogen-bond donors (Lipinski definition) is 2. The van der Waals surface area contributed by atoms with Gasteiger partial charge in [0.2, 0.25) is 0 Å². The Bertz CT molecular complexity index is 429. The molecule has 1 atom stereocenters. The number of aliphatic hydroxyl groups is 1. The summed E-state index contributed by atoms with van der Waals surface area (Å²) >= 11 is 0. The van der Waals surface area contributed by atoms with E-state index in [1.807, 2.05) is 0 Å². The Morgan fingerprint density at radius 1 is 1.53 bits per heavy atom. The Morgan fingerprint density at radius 2 is 2.32 bits per heavy atom. The standard InChI is InChI=1S/C12H21NO5S/c1-19(15,16)7-3-5-13-8-11(14)9-17-10-12-4-2-6-18-12/h2,4,6,11,13-14H,3,5,7-10H2,1H3. The molecule has 0 spiro atoms. The number of furan rings is 1. The van der Waals surface area contributed by atoms with Crippen molar-refractivity contribution in [3.8, 4) is 0 Å². The van der Waals surface area contributed by atoms with Gasteiger partial charge in [-0.05, 0) is 25.1 Å². The minimum absolute atomic E-state index is 0.158. The van der Waals surface area contributed by atoms with Crippen molar-refractivity contribution in [3.63, 3.8) is 0 Å². The normalized spacial score (nSPS) is 13.6. The monoisotopic (exact) mass is 291 g/mol. The zero-order valence-electron chi connectivity index (χ0n) is 11.0. The van der Waals surface area contributed by atoms with Gasteiger partial charge in [-0.25, -0.2) is 8.42 Å². The van der Waals surface area contributed by atoms with Crippen molar-refractivity contribution in [2.75, 3.05) is 31.7 Å². The average Bonchev–Trinajstić information content (AvgIpc) is 2.80. The maximum Gasteiger partial charge on any atom is 0.147 e. The summed E-state index contributed by atoms with van der Waals surface area (Å²) < 4.78 is 32.1. The Hall–Kier alpha value is -0.890. The van der Waals surface area contributed by atoms with E-state index in [-0.39, 0.29) is 12.4 Å². The van der Waals surface area contributed by atoms with Crippen LogP contribution < -0.4 is 5.32 Å². The van der Waals surface area contributed by atoms with E-state index in [0.29, 0.717) is 31.9 Å². The fraction of sp³-hybridized carbons (Fsp3) is 0.667. The zero-order chi connectivity index (χ0) is 14.1. The Labute approximate surface area is 113 Å². The van der Waals surface area contributed by atoms with Gasteiger partial charge in [0.25, 0.3) is 0 Å². The third kappa shape index (κ3) is 8.77. The molecule has 1 heterocycles. The molecule has 0 aliphatic heterocycles. The van der Waals surface area contributed by atoms with Crippen LogP contribution in [0.4, 0.5) is 0 Å². The molecule has 1 aromatic heterocycles. The van der Waals surface area contributed by atoms with Gasteiger partial charge in [0.05, 0.1) is 24.7 Å². The molecular weight excluding hydrogens is 270 g/mol. The molecule has 1 rings (SSSR count). The third-order valence-electron chi connectivity index (χ3n) is 2.38. The summed E-state index contributed by atoms with van der Waals surface area (Å²) in [5.74, 6) is 0.874. The Morgan fingerprint density at radius 3 is 2.95 bits per heavy atom. The van der Waals surface area contributed by atoms with Crippen LogP contribution in [0.3, 0.4) is 0 Å². The first kappa shape index (κ1) is 16.2. The van der Waals surface area contributed by atoms with Gasteiger partial charge in [-0.3, -0.25) is 0 Å². The van der Waals surface area contributed by atoms with E-state index in [1.165, 1.54) is 6.26 Å². The van der Waals surface area contributed by atoms with E-state index in [9.17, 15) is 13.5 Å². The fourth-order valence-electron chi connectivity index (χ4n) is 1.48. The lowest BCUT2D eigenvalue weighted by Gasteiger charge is -2.11. The van der Waals surface area contributed by atoms with Crippen molar-refractivity contribution in [1.82, 2.24) is 5.32 Å². The summed E-state index contributed by atoms with van der Waals surface area (Å²) in [5.41, 5.74) is 0. The number of aliphatic hydroxyl groups excluding tert-OH is 1. The van der Waals surface area contributed by atoms with E-state index in [1.54, 1.807) is 18.4 Å². The maximum atomic E-state index is 10.9. The molecule has 7 heteroatoms. The van der Waals surface area contributed by atoms with Gasteiger partial charge < -0.3 is 19.6 Å². The second kappa shape index (κ2) is 8.31. The van der Waals surface area contributed by atoms with Crippen LogP contribution in [0.25, 0.3) is 0 Å². The summed E-state index contributed by atoms with van der Waals surface area (Å²) in [7, 11) is -2.90. The molecule has 0 aliphatic rings. The highest BCUT2D eigenvalue weighted by atomic mass is 32.2. The summed E-state index contributed by atoms with van der Waals surface area (Å²) in [4.78, 5) is 0. The topological polar surface area (TPSA) is 88.8 Å². The van der Waals surface area contributed by atoms with Gasteiger partial charge in [-0.15, -0.1) is 0 Å². The smallest absolute Gasteiger partial charge is 0.147 e. The quantitative estimate of drug-likeness (QED) is 0.598. The molecule has 1 unspecified atom stereocenters. The number of nitrogens with one attached hydrogen (secondary N) is 1. The molecule has 0 aliphatic carbocycles. The molecule has 0 saturated carbocycles. The molecule has 0 aromatic carbocycles. The highest BCUT2D eigenvalue weighted by Crippen LogP contribution is 2.01. The van der Waals surface area contributed by atoms with Crippen molar-refractivity contribution in [2.24, 2.45) is 0 Å². The molecule has 0 radical (unpaired) electrons. The van der Waals surface area contributed by atoms with Crippen molar-refractivity contribution in [3.05, 3.63) is 24.2 Å². The molecule has 19 heavy (non-hydrogen) atoms. The van der Waals surface area contributed by atoms with Crippen LogP contribution in [-0.2, 0) is 21.2 Å². The number of sulfone groups is 1. The first-order chi connectivity index (χ1) is 8.97. The number of ether oxygens (including phenoxy) is 1. The number of rotatable bonds is 10. The van der Waals surface area contributed by atoms with Crippen LogP contribution in [0, 0.1) is 0 Å². The van der Waals surface area contributed by atoms with Crippen LogP contribution in [0.5, 0.6) is 0 Å². The first-order valence-corrected chi connectivity index (χ1v) is 8.20. The maximum absolute atomic E-state index is 10.9. The summed E-state index contributed by atoms with van der Waals surface area (Å²) in [6, 6.07) is 3.58. The lowest BCUT2D eigenvalue weighted by Crippen LogP contribution is -2.31. The van der Waals surface area contributed by atoms with E-state index in [4.69, 9.17) is 9.15 Å². The minimum atomic E-state index is -2.90. The van der Waals surface area contributed by atoms with Crippen LogP contribution >= 0.6 is 0 Å². The molecule has 0 amide bonds. The van der Waals surface area contributed by atoms with Crippen LogP contribution in [0.1, 0.15) is 12.2 Å². The molecule has 1 aromatic rings. The largest absolute Gasteiger partial charge is 0.467 e. The third-order valence-corrected chi connectivity index (χ3v) is 3.41. The lowest BCUT2D eigenvalue weighted by atomic mass is 10.3. The molecular formula is C12H21NO5S. The van der Waals surface area contributed by atoms with E-state index in [0.717, 1.165) is 0 Å². The van der Waals surface area contributed by atoms with Crippen LogP contribution in [0.2, 0.25) is 0 Å². The van der Waals surface area contributed by atoms with Crippen molar-refractivity contribution >= 4 is 9.84 Å². The number of hydrogen-bond acceptors (Lipinski definition) is 6. The Kier molecular flexibility index (Phi) is 7.07. The van der Waals surface area contributed by atoms with Crippen molar-refractivity contribution in [1.29, 1.82) is 0 Å². The molecule has 110 valence electrons. The van der Waals surface area contributed by atoms with Gasteiger partial charge in [-0.2, -0.15) is 0 Å². The van der Waals surface area contributed by atoms with Gasteiger partial charge in [0, 0.05) is 12.8 Å². The average molecular weight is 291 g/mol. The van der Waals surface area contributed by atoms with Gasteiger partial charge in [0.15, 0.2) is 0 Å². The molecule has 6 nitrogen and oxygen atoms in total. The second-order valence-corrected chi connectivity index (χ2v) is 6.70. The van der Waals surface area contributed by atoms with Gasteiger partial charge >= 0.3 is 0 Å². The lowest BCUT2D eigenvalue weighted by molar-refractivity contribution is 0.0228. The van der Waals surface area contributed by atoms with E-state index >= 15 is 0 Å². The summed E-state index contributed by atoms with van der Waals surface area (Å²) in [5, 5.41) is 12.6. The van der Waals surface area contributed by atoms with Crippen molar-refractivity contribution in [2.45, 2.75) is 19.1 Å². The summed E-state index contributed by atoms with van der Waals surface area (Å²) in [6.45, 7) is 1.47. The summed E-state index contributed by atoms with van der Waals surface area (Å²) in [6.07, 6.45) is 2.70. The predicted molar refractivity (Wildman–Crippen MR) is 71.6 cm³/mol. The second-order valence-electron chi connectivity index (χ2n) is 4.44. The molecule has 2 N–H and O–H groups in total. The highest BCUT2D eigenvalue weighted by molar-refractivity contribution is 7.90. The first-order valence-electron chi connectivity index (χ1n) is 6.14. The minimum Gasteiger partial charge on any atom is -0.467 e. The van der Waals surface area contributed by atoms with Crippen LogP contribution in [-0.4, -0.2) is 51.3 Å². The van der Waals surface area contributed by atoms with Crippen molar-refractivity contribution < 1.29 is 22.7 Å². The highest BCUT2D eigenvalue weighted by Gasteiger charge is 2.05. The van der Waals surface area contributed by atoms with E-state index < -0.39 is 15.9 Å². The molecule has 0 fully saturated rings. The van der Waals surface area contributed by atoms with Crippen LogP contribution in [0.15, 0.2) is 22.8 Å². The van der Waals surface area contributed by atoms with E-state index in [2.05, 4.69) is 5.32 Å². The van der Waals surface area contributed by atoms with Gasteiger partial charge in [0.1, 0.15) is 22.2 Å². The zero-order valence-corrected chi connectivity index (χ0v) is 11.9. The van der Waals surface area contributed by atoms with Gasteiger partial charge in [-0.1, -0.05) is 0 Å².